The molecule has 1 atom stereocenters. The number of hydrogen-bond donors (Lipinski definition) is 2. The summed E-state index contributed by atoms with van der Waals surface area (Å²) in [7, 11) is 3.78. The van der Waals surface area contributed by atoms with E-state index < -0.39 is 0 Å². The fourth-order valence-electron chi connectivity index (χ4n) is 3.39. The summed E-state index contributed by atoms with van der Waals surface area (Å²) >= 11 is 1.84. The van der Waals surface area contributed by atoms with E-state index in [-0.39, 0.29) is 0 Å². The number of aliphatic imine (C=N–C) groups is 1. The van der Waals surface area contributed by atoms with E-state index in [9.17, 15) is 0 Å². The number of thiophene rings is 1. The van der Waals surface area contributed by atoms with E-state index in [1.807, 2.05) is 42.4 Å². The van der Waals surface area contributed by atoms with Crippen molar-refractivity contribution in [2.24, 2.45) is 18.0 Å². The number of nitrogens with one attached hydrogen (secondary N) is 2. The Morgan fingerprint density at radius 1 is 1.35 bits per heavy atom. The molecular weight excluding hydrogens is 344 g/mol. The first kappa shape index (κ1) is 18.9. The molecule has 1 aliphatic rings. The number of hydrogen-bond acceptors (Lipinski definition) is 4. The van der Waals surface area contributed by atoms with Crippen molar-refractivity contribution in [1.29, 1.82) is 0 Å². The van der Waals surface area contributed by atoms with Crippen molar-refractivity contribution in [3.8, 4) is 0 Å². The third-order valence-corrected chi connectivity index (χ3v) is 6.15. The fourth-order valence-corrected chi connectivity index (χ4v) is 4.25. The lowest BCUT2D eigenvalue weighted by Gasteiger charge is -2.36. The standard InChI is InChI=1S/C19H30N6S/c1-15-7-10-25(11-8-15)17(18-5-4-12-26-18)14-22-19(20-2)21-13-16-6-9-23-24(16)3/h4-6,9,12,15,17H,7-8,10-11,13-14H2,1-3H3,(H2,20,21,22). The molecule has 7 heteroatoms. The number of rotatable bonds is 6. The zero-order chi connectivity index (χ0) is 18.4. The zero-order valence-corrected chi connectivity index (χ0v) is 16.8. The maximum absolute atomic E-state index is 4.38. The van der Waals surface area contributed by atoms with E-state index in [0.717, 1.165) is 24.1 Å². The van der Waals surface area contributed by atoms with E-state index >= 15 is 0 Å². The molecule has 26 heavy (non-hydrogen) atoms. The molecule has 142 valence electrons. The Kier molecular flexibility index (Phi) is 6.68. The average Bonchev–Trinajstić information content (AvgIpc) is 3.31. The van der Waals surface area contributed by atoms with Crippen molar-refractivity contribution in [1.82, 2.24) is 25.3 Å². The predicted octanol–water partition coefficient (Wildman–Crippen LogP) is 2.62. The van der Waals surface area contributed by atoms with Gasteiger partial charge in [0.25, 0.3) is 0 Å². The van der Waals surface area contributed by atoms with Gasteiger partial charge in [-0.25, -0.2) is 0 Å². The van der Waals surface area contributed by atoms with Gasteiger partial charge >= 0.3 is 0 Å². The van der Waals surface area contributed by atoms with Crippen LogP contribution in [0.2, 0.25) is 0 Å². The molecule has 1 saturated heterocycles. The van der Waals surface area contributed by atoms with Crippen molar-refractivity contribution in [2.45, 2.75) is 32.4 Å². The molecule has 0 aromatic carbocycles. The van der Waals surface area contributed by atoms with Crippen LogP contribution in [-0.4, -0.2) is 47.3 Å². The topological polar surface area (TPSA) is 57.5 Å². The van der Waals surface area contributed by atoms with Crippen molar-refractivity contribution in [3.63, 3.8) is 0 Å². The second-order valence-electron chi connectivity index (χ2n) is 7.00. The Balaban J connectivity index is 1.58. The van der Waals surface area contributed by atoms with Gasteiger partial charge in [-0.15, -0.1) is 11.3 Å². The summed E-state index contributed by atoms with van der Waals surface area (Å²) in [6.45, 7) is 6.28. The Hall–Kier alpha value is -1.86. The van der Waals surface area contributed by atoms with Crippen LogP contribution in [0.15, 0.2) is 34.8 Å². The molecule has 1 aliphatic heterocycles. The van der Waals surface area contributed by atoms with E-state index in [4.69, 9.17) is 0 Å². The smallest absolute Gasteiger partial charge is 0.191 e. The first-order valence-electron chi connectivity index (χ1n) is 9.36. The third-order valence-electron chi connectivity index (χ3n) is 5.18. The highest BCUT2D eigenvalue weighted by Crippen LogP contribution is 2.28. The van der Waals surface area contributed by atoms with Crippen LogP contribution < -0.4 is 10.6 Å². The lowest BCUT2D eigenvalue weighted by atomic mass is 9.97. The summed E-state index contributed by atoms with van der Waals surface area (Å²) in [5.74, 6) is 1.68. The Bertz CT molecular complexity index is 685. The van der Waals surface area contributed by atoms with Gasteiger partial charge in [-0.2, -0.15) is 5.10 Å². The Morgan fingerprint density at radius 3 is 2.77 bits per heavy atom. The van der Waals surface area contributed by atoms with E-state index in [1.54, 1.807) is 0 Å². The van der Waals surface area contributed by atoms with Gasteiger partial charge in [0.1, 0.15) is 0 Å². The predicted molar refractivity (Wildman–Crippen MR) is 108 cm³/mol. The maximum Gasteiger partial charge on any atom is 0.191 e. The summed E-state index contributed by atoms with van der Waals surface area (Å²) in [5, 5.41) is 13.3. The molecular formula is C19H30N6S. The summed E-state index contributed by atoms with van der Waals surface area (Å²) in [6, 6.07) is 6.82. The molecule has 2 aromatic rings. The van der Waals surface area contributed by atoms with Gasteiger partial charge in [-0.05, 0) is 49.4 Å². The number of likely N-dealkylation sites (tertiary alicyclic amines) is 1. The monoisotopic (exact) mass is 374 g/mol. The number of aryl methyl sites for hydroxylation is 1. The van der Waals surface area contributed by atoms with Gasteiger partial charge in [-0.1, -0.05) is 13.0 Å². The van der Waals surface area contributed by atoms with Crippen LogP contribution in [0.5, 0.6) is 0 Å². The minimum absolute atomic E-state index is 0.401. The van der Waals surface area contributed by atoms with Gasteiger partial charge in [-0.3, -0.25) is 14.6 Å². The van der Waals surface area contributed by atoms with Crippen molar-refractivity contribution in [3.05, 3.63) is 40.3 Å². The Labute approximate surface area is 160 Å². The van der Waals surface area contributed by atoms with Gasteiger partial charge in [0.15, 0.2) is 5.96 Å². The quantitative estimate of drug-likeness (QED) is 0.603. The molecule has 0 bridgehead atoms. The van der Waals surface area contributed by atoms with Crippen LogP contribution in [0.1, 0.15) is 36.4 Å². The molecule has 3 heterocycles. The minimum Gasteiger partial charge on any atom is -0.354 e. The zero-order valence-electron chi connectivity index (χ0n) is 16.0. The lowest BCUT2D eigenvalue weighted by Crippen LogP contribution is -2.44. The fraction of sp³-hybridized carbons (Fsp3) is 0.579. The molecule has 1 unspecified atom stereocenters. The van der Waals surface area contributed by atoms with Crippen molar-refractivity contribution in [2.75, 3.05) is 26.7 Å². The van der Waals surface area contributed by atoms with E-state index in [0.29, 0.717) is 12.6 Å². The first-order valence-corrected chi connectivity index (χ1v) is 10.2. The highest BCUT2D eigenvalue weighted by atomic mass is 32.1. The van der Waals surface area contributed by atoms with Crippen LogP contribution >= 0.6 is 11.3 Å². The van der Waals surface area contributed by atoms with Crippen LogP contribution in [0.3, 0.4) is 0 Å². The second kappa shape index (κ2) is 9.19. The molecule has 3 rings (SSSR count). The van der Waals surface area contributed by atoms with Crippen molar-refractivity contribution >= 4 is 17.3 Å². The normalized spacial score (nSPS) is 18.0. The van der Waals surface area contributed by atoms with Crippen LogP contribution in [0, 0.1) is 5.92 Å². The van der Waals surface area contributed by atoms with Gasteiger partial charge < -0.3 is 10.6 Å². The third kappa shape index (κ3) is 4.86. The number of piperidine rings is 1. The summed E-state index contributed by atoms with van der Waals surface area (Å²) in [6.07, 6.45) is 4.39. The van der Waals surface area contributed by atoms with Gasteiger partial charge in [0.2, 0.25) is 0 Å². The molecule has 0 saturated carbocycles. The number of aromatic nitrogens is 2. The SMILES string of the molecule is CN=C(NCc1ccnn1C)NCC(c1cccs1)N1CCC(C)CC1. The Morgan fingerprint density at radius 2 is 2.15 bits per heavy atom. The van der Waals surface area contributed by atoms with Crippen LogP contribution in [0.4, 0.5) is 0 Å². The molecule has 0 aliphatic carbocycles. The van der Waals surface area contributed by atoms with Gasteiger partial charge in [0.05, 0.1) is 18.3 Å². The van der Waals surface area contributed by atoms with Crippen LogP contribution in [0.25, 0.3) is 0 Å². The van der Waals surface area contributed by atoms with Crippen LogP contribution in [-0.2, 0) is 13.6 Å². The molecule has 1 fully saturated rings. The lowest BCUT2D eigenvalue weighted by molar-refractivity contribution is 0.140. The summed E-state index contributed by atoms with van der Waals surface area (Å²) < 4.78 is 1.88. The highest BCUT2D eigenvalue weighted by Gasteiger charge is 2.25. The summed E-state index contributed by atoms with van der Waals surface area (Å²) in [4.78, 5) is 8.42. The highest BCUT2D eigenvalue weighted by molar-refractivity contribution is 7.10. The first-order chi connectivity index (χ1) is 12.7. The average molecular weight is 375 g/mol. The summed E-state index contributed by atoms with van der Waals surface area (Å²) in [5.41, 5.74) is 1.13. The largest absolute Gasteiger partial charge is 0.354 e. The van der Waals surface area contributed by atoms with E-state index in [1.165, 1.54) is 30.8 Å². The number of guanidine groups is 1. The number of nitrogens with zero attached hydrogens (tertiary/aromatic N) is 4. The van der Waals surface area contributed by atoms with Crippen molar-refractivity contribution < 1.29 is 0 Å². The molecule has 2 aromatic heterocycles. The molecule has 0 radical (unpaired) electrons. The maximum atomic E-state index is 4.38. The van der Waals surface area contributed by atoms with E-state index in [2.05, 4.69) is 50.1 Å². The molecule has 0 amide bonds. The second-order valence-corrected chi connectivity index (χ2v) is 7.98. The van der Waals surface area contributed by atoms with Gasteiger partial charge in [0, 0.05) is 31.7 Å². The molecule has 6 nitrogen and oxygen atoms in total. The molecule has 2 N–H and O–H groups in total. The minimum atomic E-state index is 0.401. The molecule has 0 spiro atoms.